The molecule has 79 valence electrons. The summed E-state index contributed by atoms with van der Waals surface area (Å²) in [6, 6.07) is 6.08. The summed E-state index contributed by atoms with van der Waals surface area (Å²) < 4.78 is 0. The largest absolute Gasteiger partial charge is 0.328 e. The van der Waals surface area contributed by atoms with E-state index in [1.807, 2.05) is 0 Å². The van der Waals surface area contributed by atoms with Crippen LogP contribution in [0.15, 0.2) is 24.3 Å². The molecule has 0 aliphatic heterocycles. The molecule has 0 spiro atoms. The Bertz CT molecular complexity index is 323. The summed E-state index contributed by atoms with van der Waals surface area (Å²) in [4.78, 5) is 18.0. The van der Waals surface area contributed by atoms with Gasteiger partial charge < -0.3 is 5.21 Å². The second-order valence-electron chi connectivity index (χ2n) is 2.16. The molecule has 1 rings (SSSR count). The van der Waals surface area contributed by atoms with E-state index in [1.54, 1.807) is 12.1 Å². The fraction of sp³-hybridized carbons (Fsp3) is 0. The molecule has 8 heteroatoms. The van der Waals surface area contributed by atoms with Crippen molar-refractivity contribution in [2.45, 2.75) is 0 Å². The summed E-state index contributed by atoms with van der Waals surface area (Å²) in [5.41, 5.74) is 0.887. The second-order valence-corrected chi connectivity index (χ2v) is 2.16. The Morgan fingerprint density at radius 3 is 1.73 bits per heavy atom. The molecule has 1 N–H and O–H groups in total. The van der Waals surface area contributed by atoms with Crippen molar-refractivity contribution in [3.63, 3.8) is 0 Å². The smallest absolute Gasteiger partial charge is 0.291 e. The van der Waals surface area contributed by atoms with Gasteiger partial charge in [0, 0.05) is 32.7 Å². The molecule has 0 aliphatic carbocycles. The number of nitrogens with zero attached hydrogens (tertiary/aromatic N) is 2. The van der Waals surface area contributed by atoms with E-state index in [0.29, 0.717) is 0 Å². The van der Waals surface area contributed by atoms with Gasteiger partial charge >= 0.3 is 0 Å². The topological polar surface area (TPSA) is 107 Å². The average Bonchev–Trinajstić information content (AvgIpc) is 2.03. The maximum Gasteiger partial charge on any atom is 0.291 e. The minimum absolute atomic E-state index is 0. The fourth-order valence-corrected chi connectivity index (χ4v) is 0.618. The fourth-order valence-electron chi connectivity index (χ4n) is 0.618. The molecule has 0 atom stereocenters. The Morgan fingerprint density at radius 1 is 1.13 bits per heavy atom. The third kappa shape index (κ3) is 9.11. The van der Waals surface area contributed by atoms with Crippen LogP contribution in [0.2, 0.25) is 0 Å². The SMILES string of the molecule is O=[N+]([O-])O.[CH2-]c1ccc([N+](=O)[O-])cc1.[Y]. The van der Waals surface area contributed by atoms with E-state index in [0.717, 1.165) is 5.56 Å². The maximum atomic E-state index is 10.1. The van der Waals surface area contributed by atoms with Crippen molar-refractivity contribution in [1.82, 2.24) is 0 Å². The molecule has 15 heavy (non-hydrogen) atoms. The van der Waals surface area contributed by atoms with E-state index < -0.39 is 10.0 Å². The summed E-state index contributed by atoms with van der Waals surface area (Å²) in [5.74, 6) is 0. The van der Waals surface area contributed by atoms with Gasteiger partial charge in [0.15, 0.2) is 0 Å². The number of non-ortho nitro benzene ring substituents is 1. The second kappa shape index (κ2) is 8.13. The van der Waals surface area contributed by atoms with Gasteiger partial charge in [0.05, 0.1) is 4.92 Å². The van der Waals surface area contributed by atoms with E-state index in [4.69, 9.17) is 15.3 Å². The van der Waals surface area contributed by atoms with Crippen LogP contribution in [-0.2, 0) is 32.7 Å². The van der Waals surface area contributed by atoms with Gasteiger partial charge in [0.25, 0.3) is 5.09 Å². The Morgan fingerprint density at radius 2 is 1.47 bits per heavy atom. The molecule has 0 saturated heterocycles. The van der Waals surface area contributed by atoms with Crippen molar-refractivity contribution >= 4 is 5.69 Å². The van der Waals surface area contributed by atoms with Gasteiger partial charge in [-0.1, -0.05) is 0 Å². The molecular formula is C7H7N2O5Y-. The van der Waals surface area contributed by atoms with Crippen molar-refractivity contribution in [2.75, 3.05) is 0 Å². The molecule has 0 amide bonds. The van der Waals surface area contributed by atoms with Crippen LogP contribution < -0.4 is 0 Å². The van der Waals surface area contributed by atoms with Crippen molar-refractivity contribution < 1.29 is 47.9 Å². The van der Waals surface area contributed by atoms with Crippen LogP contribution >= 0.6 is 0 Å². The zero-order valence-corrected chi connectivity index (χ0v) is 10.4. The van der Waals surface area contributed by atoms with Gasteiger partial charge in [-0.25, -0.2) is 0 Å². The monoisotopic (exact) mass is 288 g/mol. The zero-order valence-electron chi connectivity index (χ0n) is 7.57. The van der Waals surface area contributed by atoms with Crippen molar-refractivity contribution in [1.29, 1.82) is 0 Å². The average molecular weight is 288 g/mol. The molecule has 1 aromatic carbocycles. The molecule has 0 heterocycles. The van der Waals surface area contributed by atoms with Gasteiger partial charge in [-0.3, -0.25) is 10.1 Å². The number of rotatable bonds is 1. The number of hydrogen-bond acceptors (Lipinski definition) is 4. The zero-order chi connectivity index (χ0) is 11.1. The Hall–Kier alpha value is -1.21. The van der Waals surface area contributed by atoms with E-state index in [2.05, 4.69) is 6.92 Å². The van der Waals surface area contributed by atoms with Crippen molar-refractivity contribution in [2.24, 2.45) is 0 Å². The number of benzene rings is 1. The number of nitro groups is 1. The predicted octanol–water partition coefficient (Wildman–Crippen LogP) is 1.43. The molecule has 0 unspecified atom stereocenters. The van der Waals surface area contributed by atoms with Crippen LogP contribution in [0.4, 0.5) is 5.69 Å². The first-order valence-corrected chi connectivity index (χ1v) is 3.33. The van der Waals surface area contributed by atoms with E-state index in [9.17, 15) is 10.1 Å². The Labute approximate surface area is 110 Å². The number of hydrogen-bond donors (Lipinski definition) is 1. The maximum absolute atomic E-state index is 10.1. The van der Waals surface area contributed by atoms with Gasteiger partial charge in [0.1, 0.15) is 0 Å². The predicted molar refractivity (Wildman–Crippen MR) is 46.3 cm³/mol. The minimum atomic E-state index is -1.50. The van der Waals surface area contributed by atoms with Crippen LogP contribution in [0, 0.1) is 27.2 Å². The van der Waals surface area contributed by atoms with Crippen LogP contribution in [0.25, 0.3) is 0 Å². The first-order chi connectivity index (χ1) is 6.43. The molecule has 7 nitrogen and oxygen atoms in total. The van der Waals surface area contributed by atoms with Gasteiger partial charge in [-0.05, 0) is 12.1 Å². The molecule has 1 radical (unpaired) electrons. The summed E-state index contributed by atoms with van der Waals surface area (Å²) >= 11 is 0. The van der Waals surface area contributed by atoms with E-state index in [1.165, 1.54) is 12.1 Å². The normalized spacial score (nSPS) is 7.73. The quantitative estimate of drug-likeness (QED) is 0.478. The van der Waals surface area contributed by atoms with Crippen LogP contribution in [0.5, 0.6) is 0 Å². The van der Waals surface area contributed by atoms with Crippen LogP contribution in [0.1, 0.15) is 5.56 Å². The van der Waals surface area contributed by atoms with E-state index in [-0.39, 0.29) is 38.4 Å². The van der Waals surface area contributed by atoms with Gasteiger partial charge in [0.2, 0.25) is 5.69 Å². The van der Waals surface area contributed by atoms with Crippen LogP contribution in [-0.4, -0.2) is 15.2 Å². The Kier molecular flexibility index (Phi) is 8.80. The third-order valence-electron chi connectivity index (χ3n) is 1.15. The van der Waals surface area contributed by atoms with Gasteiger partial charge in [-0.2, -0.15) is 24.6 Å². The van der Waals surface area contributed by atoms with E-state index >= 15 is 0 Å². The van der Waals surface area contributed by atoms with Crippen molar-refractivity contribution in [3.05, 3.63) is 57.0 Å². The molecule has 0 fully saturated rings. The Balaban J connectivity index is 0. The molecule has 0 aliphatic rings. The molecule has 0 saturated carbocycles. The van der Waals surface area contributed by atoms with Gasteiger partial charge in [-0.15, -0.1) is 10.1 Å². The molecular weight excluding hydrogens is 281 g/mol. The standard InChI is InChI=1S/C7H6NO2.HNO3.Y/c1-6-2-4-7(5-3-6)8(9)10;2-1(3)4;/h2-5H,1H2;(H,2,3,4);/q-1;;. The van der Waals surface area contributed by atoms with Crippen LogP contribution in [0.3, 0.4) is 0 Å². The summed E-state index contributed by atoms with van der Waals surface area (Å²) in [7, 11) is 0. The third-order valence-corrected chi connectivity index (χ3v) is 1.15. The minimum Gasteiger partial charge on any atom is -0.328 e. The number of nitro benzene ring substituents is 1. The first-order valence-electron chi connectivity index (χ1n) is 3.33. The molecule has 0 aromatic heterocycles. The summed E-state index contributed by atoms with van der Waals surface area (Å²) in [6.45, 7) is 3.60. The van der Waals surface area contributed by atoms with Crippen molar-refractivity contribution in [3.8, 4) is 0 Å². The molecule has 0 bridgehead atoms. The summed E-state index contributed by atoms with van der Waals surface area (Å²) in [6.07, 6.45) is 0. The summed E-state index contributed by atoms with van der Waals surface area (Å²) in [5, 5.41) is 23.7. The molecule has 1 aromatic rings. The first kappa shape index (κ1) is 16.2.